The summed E-state index contributed by atoms with van der Waals surface area (Å²) in [5.74, 6) is 0.217. The molecule has 0 fully saturated rings. The molecule has 2 unspecified atom stereocenters. The van der Waals surface area contributed by atoms with Crippen molar-refractivity contribution in [3.05, 3.63) is 47.6 Å². The van der Waals surface area contributed by atoms with Crippen LogP contribution in [0.2, 0.25) is 5.02 Å². The van der Waals surface area contributed by atoms with Gasteiger partial charge in [-0.3, -0.25) is 9.79 Å². The molecule has 1 aromatic heterocycles. The first-order valence-electron chi connectivity index (χ1n) is 10.9. The van der Waals surface area contributed by atoms with E-state index < -0.39 is 26.5 Å². The Morgan fingerprint density at radius 1 is 1.26 bits per heavy atom. The fraction of sp³-hybridized carbons (Fsp3) is 0.364. The summed E-state index contributed by atoms with van der Waals surface area (Å²) < 4.78 is 25.5. The van der Waals surface area contributed by atoms with E-state index in [4.69, 9.17) is 16.7 Å². The van der Waals surface area contributed by atoms with E-state index >= 15 is 0 Å². The van der Waals surface area contributed by atoms with Gasteiger partial charge >= 0.3 is 0 Å². The van der Waals surface area contributed by atoms with E-state index in [2.05, 4.69) is 36.2 Å². The first-order valence-corrected chi connectivity index (χ1v) is 12.9. The number of carbonyl (C=O) groups is 1. The molecule has 1 aliphatic rings. The van der Waals surface area contributed by atoms with Crippen molar-refractivity contribution >= 4 is 56.7 Å². The van der Waals surface area contributed by atoms with Gasteiger partial charge in [-0.2, -0.15) is 4.98 Å². The number of anilines is 4. The highest BCUT2D eigenvalue weighted by atomic mass is 35.5. The highest BCUT2D eigenvalue weighted by Crippen LogP contribution is 2.26. The van der Waals surface area contributed by atoms with Crippen LogP contribution < -0.4 is 21.3 Å². The Kier molecular flexibility index (Phi) is 9.15. The van der Waals surface area contributed by atoms with Crippen LogP contribution in [0.15, 0.2) is 47.6 Å². The van der Waals surface area contributed by atoms with Gasteiger partial charge in [-0.1, -0.05) is 23.7 Å². The average molecular weight is 522 g/mol. The molecule has 1 aromatic carbocycles. The summed E-state index contributed by atoms with van der Waals surface area (Å²) in [6.07, 6.45) is 6.23. The van der Waals surface area contributed by atoms with Gasteiger partial charge in [-0.05, 0) is 38.1 Å². The number of nitrogens with one attached hydrogen (secondary N) is 4. The number of aliphatic hydroxyl groups excluding tert-OH is 1. The number of allylic oxidation sites excluding steroid dienone is 1. The van der Waals surface area contributed by atoms with Crippen molar-refractivity contribution < 1.29 is 18.3 Å². The summed E-state index contributed by atoms with van der Waals surface area (Å²) in [4.78, 5) is 24.7. The second-order valence-electron chi connectivity index (χ2n) is 7.93. The van der Waals surface area contributed by atoms with Crippen molar-refractivity contribution in [3.63, 3.8) is 0 Å². The zero-order chi connectivity index (χ0) is 25.4. The zero-order valence-electron chi connectivity index (χ0n) is 19.3. The molecule has 0 radical (unpaired) electrons. The summed E-state index contributed by atoms with van der Waals surface area (Å²) in [5, 5.41) is 19.1. The van der Waals surface area contributed by atoms with E-state index in [-0.39, 0.29) is 35.8 Å². The lowest BCUT2D eigenvalue weighted by atomic mass is 10.2. The molecule has 0 aliphatic carbocycles. The molecule has 35 heavy (non-hydrogen) atoms. The summed E-state index contributed by atoms with van der Waals surface area (Å²) in [7, 11) is -3.53. The Morgan fingerprint density at radius 3 is 2.77 bits per heavy atom. The maximum Gasteiger partial charge on any atom is 0.238 e. The van der Waals surface area contributed by atoms with Crippen LogP contribution in [0.25, 0.3) is 0 Å². The van der Waals surface area contributed by atoms with Gasteiger partial charge in [0.1, 0.15) is 5.02 Å². The van der Waals surface area contributed by atoms with Crippen LogP contribution in [0.1, 0.15) is 13.8 Å². The summed E-state index contributed by atoms with van der Waals surface area (Å²) in [5.41, 5.74) is 1.17. The first-order chi connectivity index (χ1) is 16.7. The van der Waals surface area contributed by atoms with E-state index in [9.17, 15) is 13.2 Å². The number of aliphatic hydroxyl groups is 1. The minimum Gasteiger partial charge on any atom is -0.395 e. The molecule has 13 heteroatoms. The predicted molar refractivity (Wildman–Crippen MR) is 138 cm³/mol. The molecule has 11 nitrogen and oxygen atoms in total. The van der Waals surface area contributed by atoms with Crippen LogP contribution in [0.3, 0.4) is 0 Å². The molecule has 1 aliphatic heterocycles. The lowest BCUT2D eigenvalue weighted by molar-refractivity contribution is -0.115. The fourth-order valence-electron chi connectivity index (χ4n) is 3.16. The second kappa shape index (κ2) is 12.1. The average Bonchev–Trinajstić information content (AvgIpc) is 2.82. The van der Waals surface area contributed by atoms with Crippen LogP contribution in [0.5, 0.6) is 0 Å². The second-order valence-corrected chi connectivity index (χ2v) is 10.9. The number of halogens is 1. The number of dihydropyridines is 1. The molecular weight excluding hydrogens is 494 g/mol. The molecule has 1 amide bonds. The molecule has 2 atom stereocenters. The number of hydrogen-bond acceptors (Lipinski definition) is 10. The van der Waals surface area contributed by atoms with Crippen LogP contribution in [-0.2, 0) is 14.6 Å². The van der Waals surface area contributed by atoms with E-state index in [1.54, 1.807) is 50.3 Å². The number of rotatable bonds is 11. The number of sulfone groups is 1. The van der Waals surface area contributed by atoms with Gasteiger partial charge in [-0.25, -0.2) is 13.4 Å². The molecule has 0 bridgehead atoms. The Morgan fingerprint density at radius 2 is 2.03 bits per heavy atom. The Labute approximate surface area is 209 Å². The molecular formula is C22H28ClN7O4S. The van der Waals surface area contributed by atoms with Crippen molar-refractivity contribution in [2.75, 3.05) is 35.6 Å². The normalized spacial score (nSPS) is 17.4. The number of benzene rings is 1. The standard InChI is InChI=1S/C22H28ClN7O4S/c1-14(2)35(33,34)21-18(7-4-8-25-21)29-20-17(23)12-26-22(30-20)28-16-6-3-5-15(11-16)27-19(32)13-24-9-10-31/h3-8,11-12,14,18,21,24,31H,9-10,13H2,1-2H3,(H,27,32)(H2,26,28,29,30). The van der Waals surface area contributed by atoms with Gasteiger partial charge in [0.15, 0.2) is 21.0 Å². The lowest BCUT2D eigenvalue weighted by Crippen LogP contribution is -2.41. The van der Waals surface area contributed by atoms with Gasteiger partial charge in [0.05, 0.1) is 30.6 Å². The Bertz CT molecular complexity index is 1200. The van der Waals surface area contributed by atoms with E-state index in [1.807, 2.05) is 0 Å². The van der Waals surface area contributed by atoms with Gasteiger partial charge < -0.3 is 26.4 Å². The molecule has 2 aromatic rings. The zero-order valence-corrected chi connectivity index (χ0v) is 20.8. The minimum atomic E-state index is -3.53. The van der Waals surface area contributed by atoms with Crippen LogP contribution in [-0.4, -0.2) is 72.0 Å². The van der Waals surface area contributed by atoms with Gasteiger partial charge in [0.25, 0.3) is 0 Å². The monoisotopic (exact) mass is 521 g/mol. The van der Waals surface area contributed by atoms with Gasteiger partial charge in [0, 0.05) is 24.1 Å². The molecule has 3 rings (SSSR count). The van der Waals surface area contributed by atoms with Crippen molar-refractivity contribution in [3.8, 4) is 0 Å². The summed E-state index contributed by atoms with van der Waals surface area (Å²) in [6.45, 7) is 3.57. The number of hydrogen-bond donors (Lipinski definition) is 5. The van der Waals surface area contributed by atoms with Crippen LogP contribution in [0.4, 0.5) is 23.1 Å². The largest absolute Gasteiger partial charge is 0.395 e. The van der Waals surface area contributed by atoms with Crippen molar-refractivity contribution in [2.24, 2.45) is 4.99 Å². The van der Waals surface area contributed by atoms with E-state index in [0.717, 1.165) is 0 Å². The highest BCUT2D eigenvalue weighted by Gasteiger charge is 2.35. The Balaban J connectivity index is 1.73. The number of aromatic nitrogens is 2. The fourth-order valence-corrected chi connectivity index (χ4v) is 4.67. The highest BCUT2D eigenvalue weighted by molar-refractivity contribution is 7.92. The smallest absolute Gasteiger partial charge is 0.238 e. The SMILES string of the molecule is CC(C)S(=O)(=O)C1N=CC=CC1Nc1nc(Nc2cccc(NC(=O)CNCCO)c2)ncc1Cl. The van der Waals surface area contributed by atoms with E-state index in [0.29, 0.717) is 17.9 Å². The predicted octanol–water partition coefficient (Wildman–Crippen LogP) is 1.96. The third-order valence-corrected chi connectivity index (χ3v) is 7.64. The Hall–Kier alpha value is -3.06. The third kappa shape index (κ3) is 7.21. The van der Waals surface area contributed by atoms with Gasteiger partial charge in [-0.15, -0.1) is 0 Å². The number of aliphatic imine (C=N–C) groups is 1. The quantitative estimate of drug-likeness (QED) is 0.279. The molecule has 188 valence electrons. The molecule has 0 saturated heterocycles. The topological polar surface area (TPSA) is 158 Å². The molecule has 5 N–H and O–H groups in total. The first kappa shape index (κ1) is 26.5. The van der Waals surface area contributed by atoms with Crippen molar-refractivity contribution in [1.82, 2.24) is 15.3 Å². The van der Waals surface area contributed by atoms with Gasteiger partial charge in [0.2, 0.25) is 11.9 Å². The van der Waals surface area contributed by atoms with Crippen molar-refractivity contribution in [1.29, 1.82) is 0 Å². The third-order valence-electron chi connectivity index (χ3n) is 4.96. The number of amides is 1. The molecule has 2 heterocycles. The summed E-state index contributed by atoms with van der Waals surface area (Å²) in [6, 6.07) is 6.30. The lowest BCUT2D eigenvalue weighted by Gasteiger charge is -2.26. The molecule has 0 spiro atoms. The van der Waals surface area contributed by atoms with Crippen molar-refractivity contribution in [2.45, 2.75) is 30.5 Å². The maximum absolute atomic E-state index is 12.8. The molecule has 0 saturated carbocycles. The minimum absolute atomic E-state index is 0.0525. The number of nitrogens with zero attached hydrogens (tertiary/aromatic N) is 3. The van der Waals surface area contributed by atoms with Crippen LogP contribution in [0, 0.1) is 0 Å². The number of carbonyl (C=O) groups excluding carboxylic acids is 1. The summed E-state index contributed by atoms with van der Waals surface area (Å²) >= 11 is 6.28. The maximum atomic E-state index is 12.8. The van der Waals surface area contributed by atoms with E-state index in [1.165, 1.54) is 12.4 Å². The van der Waals surface area contributed by atoms with Crippen LogP contribution >= 0.6 is 11.6 Å².